The fraction of sp³-hybridized carbons (Fsp3) is 0.353. The predicted molar refractivity (Wildman–Crippen MR) is 87.8 cm³/mol. The van der Waals surface area contributed by atoms with Crippen LogP contribution in [0.1, 0.15) is 26.3 Å². The molecular formula is C17H21ClN2O. The molecule has 0 bridgehead atoms. The molecule has 0 fully saturated rings. The molecule has 0 amide bonds. The van der Waals surface area contributed by atoms with Crippen LogP contribution >= 0.6 is 11.6 Å². The minimum Gasteiger partial charge on any atom is -0.489 e. The van der Waals surface area contributed by atoms with Gasteiger partial charge in [0, 0.05) is 23.3 Å². The van der Waals surface area contributed by atoms with Crippen LogP contribution in [0.4, 0.5) is 0 Å². The van der Waals surface area contributed by atoms with E-state index in [1.54, 1.807) is 6.20 Å². The second-order valence-corrected chi connectivity index (χ2v) is 5.57. The summed E-state index contributed by atoms with van der Waals surface area (Å²) < 4.78 is 5.69. The zero-order valence-electron chi connectivity index (χ0n) is 12.7. The number of nitrogens with zero attached hydrogens (tertiary/aromatic N) is 1. The second kappa shape index (κ2) is 7.43. The highest BCUT2D eigenvalue weighted by molar-refractivity contribution is 6.31. The molecule has 21 heavy (non-hydrogen) atoms. The summed E-state index contributed by atoms with van der Waals surface area (Å²) in [7, 11) is 0. The van der Waals surface area contributed by atoms with E-state index in [0.29, 0.717) is 0 Å². The zero-order valence-corrected chi connectivity index (χ0v) is 13.4. The fourth-order valence-corrected chi connectivity index (χ4v) is 2.25. The number of rotatable bonds is 6. The van der Waals surface area contributed by atoms with Gasteiger partial charge in [-0.05, 0) is 49.7 Å². The molecule has 0 saturated heterocycles. The minimum atomic E-state index is 0.136. The molecule has 0 atom stereocenters. The molecule has 4 heteroatoms. The standard InChI is InChI=1S/C17H21ClN2O/c1-4-19-10-15-7-13(5-6-17(15)18)14-8-16(11-20-9-14)21-12(2)3/h5-9,11-12,19H,4,10H2,1-3H3. The quantitative estimate of drug-likeness (QED) is 0.864. The van der Waals surface area contributed by atoms with Gasteiger partial charge in [0.1, 0.15) is 5.75 Å². The fourth-order valence-electron chi connectivity index (χ4n) is 2.06. The van der Waals surface area contributed by atoms with Gasteiger partial charge in [0.15, 0.2) is 0 Å². The van der Waals surface area contributed by atoms with E-state index in [4.69, 9.17) is 16.3 Å². The first-order valence-electron chi connectivity index (χ1n) is 7.21. The Bertz CT molecular complexity index is 599. The molecule has 0 saturated carbocycles. The van der Waals surface area contributed by atoms with E-state index in [-0.39, 0.29) is 6.10 Å². The molecule has 1 heterocycles. The van der Waals surface area contributed by atoms with Crippen molar-refractivity contribution in [2.75, 3.05) is 6.54 Å². The van der Waals surface area contributed by atoms with Crippen molar-refractivity contribution >= 4 is 11.6 Å². The van der Waals surface area contributed by atoms with E-state index in [1.807, 2.05) is 38.2 Å². The minimum absolute atomic E-state index is 0.136. The van der Waals surface area contributed by atoms with Gasteiger partial charge in [0.05, 0.1) is 12.3 Å². The van der Waals surface area contributed by atoms with Crippen LogP contribution < -0.4 is 10.1 Å². The summed E-state index contributed by atoms with van der Waals surface area (Å²) in [6.45, 7) is 7.76. The van der Waals surface area contributed by atoms with E-state index in [0.717, 1.165) is 40.6 Å². The van der Waals surface area contributed by atoms with E-state index in [1.165, 1.54) is 0 Å². The maximum Gasteiger partial charge on any atom is 0.138 e. The number of hydrogen-bond donors (Lipinski definition) is 1. The molecule has 112 valence electrons. The van der Waals surface area contributed by atoms with Crippen molar-refractivity contribution < 1.29 is 4.74 Å². The molecule has 0 aliphatic rings. The maximum atomic E-state index is 6.24. The van der Waals surface area contributed by atoms with Crippen LogP contribution in [0.2, 0.25) is 5.02 Å². The topological polar surface area (TPSA) is 34.2 Å². The number of aromatic nitrogens is 1. The summed E-state index contributed by atoms with van der Waals surface area (Å²) in [5.74, 6) is 0.783. The Hall–Kier alpha value is -1.58. The van der Waals surface area contributed by atoms with E-state index < -0.39 is 0 Å². The van der Waals surface area contributed by atoms with Crippen LogP contribution in [0.5, 0.6) is 5.75 Å². The maximum absolute atomic E-state index is 6.24. The summed E-state index contributed by atoms with van der Waals surface area (Å²) in [6.07, 6.45) is 3.71. The SMILES string of the molecule is CCNCc1cc(-c2cncc(OC(C)C)c2)ccc1Cl. The molecule has 3 nitrogen and oxygen atoms in total. The zero-order chi connectivity index (χ0) is 15.2. The molecule has 1 aromatic heterocycles. The van der Waals surface area contributed by atoms with Gasteiger partial charge in [-0.3, -0.25) is 4.98 Å². The lowest BCUT2D eigenvalue weighted by Crippen LogP contribution is -2.12. The smallest absolute Gasteiger partial charge is 0.138 e. The van der Waals surface area contributed by atoms with Crippen molar-refractivity contribution in [2.45, 2.75) is 33.4 Å². The Morgan fingerprint density at radius 1 is 1.19 bits per heavy atom. The van der Waals surface area contributed by atoms with Crippen molar-refractivity contribution in [1.82, 2.24) is 10.3 Å². The Morgan fingerprint density at radius 3 is 2.71 bits per heavy atom. The Labute approximate surface area is 131 Å². The van der Waals surface area contributed by atoms with Crippen molar-refractivity contribution in [3.05, 3.63) is 47.2 Å². The number of pyridine rings is 1. The van der Waals surface area contributed by atoms with Gasteiger partial charge in [0.25, 0.3) is 0 Å². The van der Waals surface area contributed by atoms with Crippen molar-refractivity contribution in [3.63, 3.8) is 0 Å². The van der Waals surface area contributed by atoms with Gasteiger partial charge in [0.2, 0.25) is 0 Å². The molecule has 0 radical (unpaired) electrons. The van der Waals surface area contributed by atoms with Gasteiger partial charge >= 0.3 is 0 Å². The molecule has 0 aliphatic carbocycles. The van der Waals surface area contributed by atoms with Gasteiger partial charge in [-0.2, -0.15) is 0 Å². The van der Waals surface area contributed by atoms with Crippen LogP contribution in [-0.4, -0.2) is 17.6 Å². The van der Waals surface area contributed by atoms with Crippen LogP contribution in [0.3, 0.4) is 0 Å². The molecule has 1 N–H and O–H groups in total. The first-order valence-corrected chi connectivity index (χ1v) is 7.59. The van der Waals surface area contributed by atoms with Gasteiger partial charge in [-0.1, -0.05) is 24.6 Å². The highest BCUT2D eigenvalue weighted by Gasteiger charge is 2.06. The highest BCUT2D eigenvalue weighted by Crippen LogP contribution is 2.27. The van der Waals surface area contributed by atoms with Gasteiger partial charge in [-0.15, -0.1) is 0 Å². The van der Waals surface area contributed by atoms with Crippen molar-refractivity contribution in [3.8, 4) is 16.9 Å². The van der Waals surface area contributed by atoms with Crippen LogP contribution in [0.15, 0.2) is 36.7 Å². The summed E-state index contributed by atoms with van der Waals surface area (Å²) in [6, 6.07) is 8.04. The lowest BCUT2D eigenvalue weighted by atomic mass is 10.0. The number of benzene rings is 1. The Balaban J connectivity index is 2.28. The largest absolute Gasteiger partial charge is 0.489 e. The first-order chi connectivity index (χ1) is 10.1. The monoisotopic (exact) mass is 304 g/mol. The summed E-state index contributed by atoms with van der Waals surface area (Å²) in [4.78, 5) is 4.25. The molecular weight excluding hydrogens is 284 g/mol. The Kier molecular flexibility index (Phi) is 5.59. The number of ether oxygens (including phenoxy) is 1. The third kappa shape index (κ3) is 4.45. The van der Waals surface area contributed by atoms with Crippen LogP contribution in [0.25, 0.3) is 11.1 Å². The first kappa shape index (κ1) is 15.8. The highest BCUT2D eigenvalue weighted by atomic mass is 35.5. The van der Waals surface area contributed by atoms with Crippen molar-refractivity contribution in [2.24, 2.45) is 0 Å². The molecule has 2 rings (SSSR count). The average Bonchev–Trinajstić information content (AvgIpc) is 2.46. The Morgan fingerprint density at radius 2 is 2.00 bits per heavy atom. The van der Waals surface area contributed by atoms with E-state index in [9.17, 15) is 0 Å². The number of halogens is 1. The lowest BCUT2D eigenvalue weighted by Gasteiger charge is -2.12. The summed E-state index contributed by atoms with van der Waals surface area (Å²) in [5.41, 5.74) is 3.21. The molecule has 0 aliphatic heterocycles. The summed E-state index contributed by atoms with van der Waals surface area (Å²) >= 11 is 6.24. The third-order valence-corrected chi connectivity index (χ3v) is 3.40. The second-order valence-electron chi connectivity index (χ2n) is 5.16. The van der Waals surface area contributed by atoms with Gasteiger partial charge < -0.3 is 10.1 Å². The van der Waals surface area contributed by atoms with E-state index >= 15 is 0 Å². The van der Waals surface area contributed by atoms with E-state index in [2.05, 4.69) is 23.3 Å². The van der Waals surface area contributed by atoms with Crippen LogP contribution in [-0.2, 0) is 6.54 Å². The van der Waals surface area contributed by atoms with Gasteiger partial charge in [-0.25, -0.2) is 0 Å². The average molecular weight is 305 g/mol. The normalized spacial score (nSPS) is 10.9. The predicted octanol–water partition coefficient (Wildman–Crippen LogP) is 4.30. The lowest BCUT2D eigenvalue weighted by molar-refractivity contribution is 0.241. The summed E-state index contributed by atoms with van der Waals surface area (Å²) in [5, 5.41) is 4.08. The van der Waals surface area contributed by atoms with Crippen molar-refractivity contribution in [1.29, 1.82) is 0 Å². The number of hydrogen-bond acceptors (Lipinski definition) is 3. The molecule has 1 aromatic carbocycles. The van der Waals surface area contributed by atoms with Crippen LogP contribution in [0, 0.1) is 0 Å². The molecule has 2 aromatic rings. The number of nitrogens with one attached hydrogen (secondary N) is 1. The third-order valence-electron chi connectivity index (χ3n) is 3.03. The molecule has 0 spiro atoms. The molecule has 0 unspecified atom stereocenters.